The zero-order chi connectivity index (χ0) is 17.0. The Kier molecular flexibility index (Phi) is 5.21. The molecule has 3 rings (SSSR count). The summed E-state index contributed by atoms with van der Waals surface area (Å²) in [6, 6.07) is 7.84. The van der Waals surface area contributed by atoms with Crippen LogP contribution in [-0.4, -0.2) is 53.9 Å². The molecule has 0 spiro atoms. The number of hydrogen-bond donors (Lipinski definition) is 2. The van der Waals surface area contributed by atoms with Gasteiger partial charge < -0.3 is 20.1 Å². The third-order valence-electron chi connectivity index (χ3n) is 4.59. The highest BCUT2D eigenvalue weighted by Crippen LogP contribution is 2.28. The van der Waals surface area contributed by atoms with Gasteiger partial charge in [-0.1, -0.05) is 12.5 Å². The first-order chi connectivity index (χ1) is 11.6. The highest BCUT2D eigenvalue weighted by atomic mass is 16.5. The lowest BCUT2D eigenvalue weighted by molar-refractivity contribution is 0.0252. The van der Waals surface area contributed by atoms with E-state index in [2.05, 4.69) is 15.2 Å². The normalized spacial score (nSPS) is 18.3. The van der Waals surface area contributed by atoms with Crippen LogP contribution in [0.3, 0.4) is 0 Å². The number of methoxy groups -OCH3 is 1. The molecule has 1 saturated heterocycles. The van der Waals surface area contributed by atoms with Crippen LogP contribution in [0.25, 0.3) is 10.9 Å². The third kappa shape index (κ3) is 4.16. The van der Waals surface area contributed by atoms with Crippen LogP contribution in [0, 0.1) is 0 Å². The first-order valence-electron chi connectivity index (χ1n) is 8.69. The first kappa shape index (κ1) is 17.0. The van der Waals surface area contributed by atoms with Gasteiger partial charge in [-0.05, 0) is 45.0 Å². The van der Waals surface area contributed by atoms with E-state index < -0.39 is 5.60 Å². The van der Waals surface area contributed by atoms with E-state index >= 15 is 0 Å². The van der Waals surface area contributed by atoms with E-state index in [9.17, 15) is 5.11 Å². The Morgan fingerprint density at radius 1 is 1.29 bits per heavy atom. The summed E-state index contributed by atoms with van der Waals surface area (Å²) >= 11 is 0. The highest BCUT2D eigenvalue weighted by molar-refractivity contribution is 5.91. The Bertz CT molecular complexity index is 681. The molecule has 0 radical (unpaired) electrons. The number of aliphatic hydroxyl groups is 1. The monoisotopic (exact) mass is 329 g/mol. The smallest absolute Gasteiger partial charge is 0.121 e. The van der Waals surface area contributed by atoms with E-state index in [1.807, 2.05) is 31.2 Å². The molecule has 1 aromatic carbocycles. The standard InChI is InChI=1S/C19H27N3O2/c1-19(23,14-22-9-4-3-5-10-22)13-21-17-12-16(24-2)11-15-7-6-8-20-18(15)17/h6-8,11-12,21,23H,3-5,9-10,13-14H2,1-2H3. The van der Waals surface area contributed by atoms with E-state index in [1.165, 1.54) is 19.3 Å². The molecule has 0 amide bonds. The quantitative estimate of drug-likeness (QED) is 0.853. The molecular formula is C19H27N3O2. The molecule has 1 unspecified atom stereocenters. The van der Waals surface area contributed by atoms with Gasteiger partial charge in [0.05, 0.1) is 23.9 Å². The van der Waals surface area contributed by atoms with Crippen molar-refractivity contribution in [3.8, 4) is 5.75 Å². The molecule has 1 aliphatic heterocycles. The molecule has 1 aliphatic rings. The van der Waals surface area contributed by atoms with Crippen molar-refractivity contribution in [2.75, 3.05) is 38.6 Å². The number of piperidine rings is 1. The van der Waals surface area contributed by atoms with Gasteiger partial charge in [-0.2, -0.15) is 0 Å². The predicted molar refractivity (Wildman–Crippen MR) is 97.7 cm³/mol. The van der Waals surface area contributed by atoms with Crippen LogP contribution in [0.15, 0.2) is 30.5 Å². The van der Waals surface area contributed by atoms with Crippen LogP contribution in [0.5, 0.6) is 5.75 Å². The Balaban J connectivity index is 1.72. The second kappa shape index (κ2) is 7.36. The molecule has 2 heterocycles. The summed E-state index contributed by atoms with van der Waals surface area (Å²) in [5.41, 5.74) is 0.998. The molecule has 0 aliphatic carbocycles. The van der Waals surface area contributed by atoms with Crippen molar-refractivity contribution in [1.29, 1.82) is 0 Å². The maximum atomic E-state index is 10.8. The minimum atomic E-state index is -0.790. The minimum Gasteiger partial charge on any atom is -0.497 e. The fourth-order valence-corrected chi connectivity index (χ4v) is 3.36. The molecule has 5 nitrogen and oxygen atoms in total. The number of ether oxygens (including phenoxy) is 1. The van der Waals surface area contributed by atoms with Gasteiger partial charge in [0.15, 0.2) is 0 Å². The summed E-state index contributed by atoms with van der Waals surface area (Å²) in [5, 5.41) is 15.2. The average Bonchev–Trinajstić information content (AvgIpc) is 2.60. The molecule has 0 saturated carbocycles. The Hall–Kier alpha value is -1.85. The molecule has 1 aromatic heterocycles. The van der Waals surface area contributed by atoms with Crippen molar-refractivity contribution >= 4 is 16.6 Å². The molecule has 5 heteroatoms. The number of likely N-dealkylation sites (tertiary alicyclic amines) is 1. The van der Waals surface area contributed by atoms with Crippen LogP contribution < -0.4 is 10.1 Å². The van der Waals surface area contributed by atoms with E-state index in [1.54, 1.807) is 13.3 Å². The van der Waals surface area contributed by atoms with E-state index in [-0.39, 0.29) is 0 Å². The molecular weight excluding hydrogens is 302 g/mol. The summed E-state index contributed by atoms with van der Waals surface area (Å²) in [7, 11) is 1.66. The van der Waals surface area contributed by atoms with E-state index in [0.717, 1.165) is 35.4 Å². The highest BCUT2D eigenvalue weighted by Gasteiger charge is 2.25. The van der Waals surface area contributed by atoms with Crippen molar-refractivity contribution in [3.63, 3.8) is 0 Å². The lowest BCUT2D eigenvalue weighted by atomic mass is 10.0. The summed E-state index contributed by atoms with van der Waals surface area (Å²) in [6.07, 6.45) is 5.55. The van der Waals surface area contributed by atoms with Gasteiger partial charge >= 0.3 is 0 Å². The number of benzene rings is 1. The zero-order valence-corrected chi connectivity index (χ0v) is 14.6. The summed E-state index contributed by atoms with van der Waals surface area (Å²) in [6.45, 7) is 5.22. The number of β-amino-alcohol motifs (C(OH)–C–C–N with tert-alkyl or cyclic N) is 1. The van der Waals surface area contributed by atoms with E-state index in [0.29, 0.717) is 13.1 Å². The Labute approximate surface area is 143 Å². The van der Waals surface area contributed by atoms with Crippen LogP contribution in [0.4, 0.5) is 5.69 Å². The largest absolute Gasteiger partial charge is 0.497 e. The van der Waals surface area contributed by atoms with Gasteiger partial charge in [-0.25, -0.2) is 0 Å². The number of aromatic nitrogens is 1. The molecule has 2 N–H and O–H groups in total. The average molecular weight is 329 g/mol. The van der Waals surface area contributed by atoms with Crippen molar-refractivity contribution in [2.24, 2.45) is 0 Å². The second-order valence-corrected chi connectivity index (χ2v) is 6.94. The fourth-order valence-electron chi connectivity index (χ4n) is 3.36. The van der Waals surface area contributed by atoms with Gasteiger partial charge in [0.25, 0.3) is 0 Å². The number of pyridine rings is 1. The number of rotatable bonds is 6. The van der Waals surface area contributed by atoms with Gasteiger partial charge in [0.1, 0.15) is 5.75 Å². The van der Waals surface area contributed by atoms with Crippen LogP contribution >= 0.6 is 0 Å². The molecule has 130 valence electrons. The summed E-state index contributed by atoms with van der Waals surface area (Å²) in [4.78, 5) is 6.82. The number of hydrogen-bond acceptors (Lipinski definition) is 5. The number of fused-ring (bicyclic) bond motifs is 1. The predicted octanol–water partition coefficient (Wildman–Crippen LogP) is 2.89. The lowest BCUT2D eigenvalue weighted by Crippen LogP contribution is -2.47. The second-order valence-electron chi connectivity index (χ2n) is 6.94. The topological polar surface area (TPSA) is 57.6 Å². The Morgan fingerprint density at radius 3 is 2.83 bits per heavy atom. The minimum absolute atomic E-state index is 0.475. The van der Waals surface area contributed by atoms with Crippen LogP contribution in [0.1, 0.15) is 26.2 Å². The molecule has 2 aromatic rings. The van der Waals surface area contributed by atoms with E-state index in [4.69, 9.17) is 4.74 Å². The summed E-state index contributed by atoms with van der Waals surface area (Å²) < 4.78 is 5.38. The van der Waals surface area contributed by atoms with Crippen molar-refractivity contribution in [3.05, 3.63) is 30.5 Å². The van der Waals surface area contributed by atoms with Crippen LogP contribution in [-0.2, 0) is 0 Å². The Morgan fingerprint density at radius 2 is 2.08 bits per heavy atom. The van der Waals surface area contributed by atoms with Crippen LogP contribution in [0.2, 0.25) is 0 Å². The first-order valence-corrected chi connectivity index (χ1v) is 8.69. The number of anilines is 1. The fraction of sp³-hybridized carbons (Fsp3) is 0.526. The number of nitrogens with one attached hydrogen (secondary N) is 1. The zero-order valence-electron chi connectivity index (χ0n) is 14.6. The van der Waals surface area contributed by atoms with Gasteiger partial charge in [-0.15, -0.1) is 0 Å². The van der Waals surface area contributed by atoms with Crippen molar-refractivity contribution < 1.29 is 9.84 Å². The van der Waals surface area contributed by atoms with Gasteiger partial charge in [0.2, 0.25) is 0 Å². The molecule has 1 atom stereocenters. The molecule has 0 bridgehead atoms. The van der Waals surface area contributed by atoms with Crippen molar-refractivity contribution in [1.82, 2.24) is 9.88 Å². The van der Waals surface area contributed by atoms with Gasteiger partial charge in [0, 0.05) is 30.7 Å². The maximum Gasteiger partial charge on any atom is 0.121 e. The number of nitrogens with zero attached hydrogens (tertiary/aromatic N) is 2. The molecule has 24 heavy (non-hydrogen) atoms. The molecule has 1 fully saturated rings. The third-order valence-corrected chi connectivity index (χ3v) is 4.59. The summed E-state index contributed by atoms with van der Waals surface area (Å²) in [5.74, 6) is 0.786. The van der Waals surface area contributed by atoms with Crippen molar-refractivity contribution in [2.45, 2.75) is 31.8 Å². The maximum absolute atomic E-state index is 10.8. The SMILES string of the molecule is COc1cc(NCC(C)(O)CN2CCCCC2)c2ncccc2c1. The lowest BCUT2D eigenvalue weighted by Gasteiger charge is -2.34. The van der Waals surface area contributed by atoms with Gasteiger partial charge in [-0.3, -0.25) is 4.98 Å².